The number of pyridine rings is 1. The van der Waals surface area contributed by atoms with Gasteiger partial charge < -0.3 is 15.6 Å². The summed E-state index contributed by atoms with van der Waals surface area (Å²) in [7, 11) is 0. The number of hydrogen-bond donors (Lipinski definition) is 3. The van der Waals surface area contributed by atoms with Gasteiger partial charge in [-0.3, -0.25) is 14.6 Å². The predicted molar refractivity (Wildman–Crippen MR) is 97.8 cm³/mol. The minimum absolute atomic E-state index is 0.0203. The Morgan fingerprint density at radius 1 is 1.10 bits per heavy atom. The Balaban J connectivity index is 1.58. The molecule has 0 spiro atoms. The van der Waals surface area contributed by atoms with Crippen molar-refractivity contribution in [1.82, 2.24) is 15.3 Å². The average Bonchev–Trinajstić information content (AvgIpc) is 3.04. The number of benzene rings is 1. The van der Waals surface area contributed by atoms with E-state index < -0.39 is 35.2 Å². The third-order valence-electron chi connectivity index (χ3n) is 4.07. The van der Waals surface area contributed by atoms with Crippen molar-refractivity contribution in [3.05, 3.63) is 58.5 Å². The molecule has 2 heterocycles. The maximum atomic E-state index is 13.4. The van der Waals surface area contributed by atoms with Gasteiger partial charge in [-0.2, -0.15) is 13.2 Å². The number of fused-ring (bicyclic) bond motifs is 1. The van der Waals surface area contributed by atoms with Crippen LogP contribution in [0.5, 0.6) is 0 Å². The Morgan fingerprint density at radius 3 is 2.47 bits per heavy atom. The van der Waals surface area contributed by atoms with Crippen LogP contribution in [0.2, 0.25) is 5.02 Å². The van der Waals surface area contributed by atoms with Crippen LogP contribution in [0.4, 0.5) is 27.6 Å². The largest absolute Gasteiger partial charge is 0.417 e. The van der Waals surface area contributed by atoms with Crippen LogP contribution in [-0.2, 0) is 22.2 Å². The van der Waals surface area contributed by atoms with Crippen LogP contribution in [0.1, 0.15) is 11.3 Å². The van der Waals surface area contributed by atoms with Gasteiger partial charge >= 0.3 is 18.0 Å². The first kappa shape index (κ1) is 21.5. The fourth-order valence-electron chi connectivity index (χ4n) is 2.58. The van der Waals surface area contributed by atoms with Crippen molar-refractivity contribution in [2.45, 2.75) is 12.6 Å². The second kappa shape index (κ2) is 8.27. The van der Waals surface area contributed by atoms with Crippen molar-refractivity contribution in [3.63, 3.8) is 0 Å². The number of nitrogens with zero attached hydrogens (tertiary/aromatic N) is 1. The molecule has 0 radical (unpaired) electrons. The summed E-state index contributed by atoms with van der Waals surface area (Å²) in [6.45, 7) is -0.127. The van der Waals surface area contributed by atoms with Gasteiger partial charge in [-0.25, -0.2) is 8.78 Å². The number of H-pyrrole nitrogens is 1. The van der Waals surface area contributed by atoms with Crippen molar-refractivity contribution < 1.29 is 31.5 Å². The van der Waals surface area contributed by atoms with Crippen molar-refractivity contribution in [1.29, 1.82) is 0 Å². The van der Waals surface area contributed by atoms with E-state index in [0.29, 0.717) is 6.20 Å². The Labute approximate surface area is 170 Å². The molecule has 30 heavy (non-hydrogen) atoms. The number of carbonyl (C=O) groups is 2. The molecule has 12 heteroatoms. The molecule has 0 fully saturated rings. The number of hydrogen-bond acceptors (Lipinski definition) is 3. The molecule has 2 aromatic heterocycles. The van der Waals surface area contributed by atoms with Crippen LogP contribution >= 0.6 is 11.6 Å². The Morgan fingerprint density at radius 2 is 1.80 bits per heavy atom. The first-order chi connectivity index (χ1) is 14.1. The number of aromatic amines is 1. The van der Waals surface area contributed by atoms with Crippen molar-refractivity contribution >= 4 is 40.0 Å². The van der Waals surface area contributed by atoms with E-state index in [2.05, 4.69) is 20.6 Å². The minimum atomic E-state index is -4.58. The fourth-order valence-corrected chi connectivity index (χ4v) is 2.84. The van der Waals surface area contributed by atoms with E-state index in [4.69, 9.17) is 11.6 Å². The second-order valence-corrected chi connectivity index (χ2v) is 6.53. The number of alkyl halides is 3. The van der Waals surface area contributed by atoms with Gasteiger partial charge in [0.05, 0.1) is 27.5 Å². The van der Waals surface area contributed by atoms with Gasteiger partial charge in [0.15, 0.2) is 11.6 Å². The molecule has 2 amide bonds. The highest BCUT2D eigenvalue weighted by Gasteiger charge is 2.31. The van der Waals surface area contributed by atoms with Gasteiger partial charge in [0.25, 0.3) is 0 Å². The molecule has 0 saturated carbocycles. The van der Waals surface area contributed by atoms with Gasteiger partial charge in [0.2, 0.25) is 0 Å². The molecule has 158 valence electrons. The molecule has 3 rings (SSSR count). The van der Waals surface area contributed by atoms with Crippen LogP contribution in [-0.4, -0.2) is 28.3 Å². The molecule has 0 saturated heterocycles. The van der Waals surface area contributed by atoms with Crippen LogP contribution in [0.3, 0.4) is 0 Å². The molecule has 0 aliphatic rings. The third kappa shape index (κ3) is 4.67. The van der Waals surface area contributed by atoms with E-state index >= 15 is 0 Å². The molecule has 1 aromatic carbocycles. The number of nitrogens with one attached hydrogen (secondary N) is 3. The molecule has 3 N–H and O–H groups in total. The maximum absolute atomic E-state index is 13.4. The molecule has 6 nitrogen and oxygen atoms in total. The summed E-state index contributed by atoms with van der Waals surface area (Å²) in [5.41, 5.74) is -0.613. The van der Waals surface area contributed by atoms with E-state index in [1.165, 1.54) is 6.20 Å². The molecular weight excluding hydrogens is 435 g/mol. The lowest BCUT2D eigenvalue weighted by Gasteiger charge is -2.10. The standard InChI is InChI=1S/C18H12ClF5N4O2/c19-10-3-8(18(22,23)24)6-26-13(10)1-2-25-16(29)17(30)28-15-7-27-14-5-12(21)11(20)4-9(14)15/h3-7,27H,1-2H2,(H,25,29)(H,28,30). The summed E-state index contributed by atoms with van der Waals surface area (Å²) in [6.07, 6.45) is -2.72. The van der Waals surface area contributed by atoms with Gasteiger partial charge in [-0.1, -0.05) is 11.6 Å². The number of aromatic nitrogens is 2. The highest BCUT2D eigenvalue weighted by atomic mass is 35.5. The molecule has 0 atom stereocenters. The van der Waals surface area contributed by atoms with Gasteiger partial charge in [-0.05, 0) is 12.1 Å². The van der Waals surface area contributed by atoms with Crippen LogP contribution in [0.25, 0.3) is 10.9 Å². The summed E-state index contributed by atoms with van der Waals surface area (Å²) >= 11 is 5.77. The zero-order chi connectivity index (χ0) is 22.1. The fraction of sp³-hybridized carbons (Fsp3) is 0.167. The summed E-state index contributed by atoms with van der Waals surface area (Å²) in [5, 5.41) is 4.46. The van der Waals surface area contributed by atoms with Gasteiger partial charge in [-0.15, -0.1) is 0 Å². The zero-order valence-corrected chi connectivity index (χ0v) is 15.6. The Hall–Kier alpha value is -3.21. The van der Waals surface area contributed by atoms with E-state index in [1.807, 2.05) is 0 Å². The summed E-state index contributed by atoms with van der Waals surface area (Å²) in [5.74, 6) is -4.32. The van der Waals surface area contributed by atoms with Crippen LogP contribution in [0, 0.1) is 11.6 Å². The summed E-state index contributed by atoms with van der Waals surface area (Å²) < 4.78 is 64.4. The molecule has 3 aromatic rings. The SMILES string of the molecule is O=C(NCCc1ncc(C(F)(F)F)cc1Cl)C(=O)Nc1c[nH]c2cc(F)c(F)cc12. The lowest BCUT2D eigenvalue weighted by atomic mass is 10.2. The Kier molecular flexibility index (Phi) is 5.92. The lowest BCUT2D eigenvalue weighted by Crippen LogP contribution is -2.36. The van der Waals surface area contributed by atoms with E-state index in [-0.39, 0.29) is 40.3 Å². The van der Waals surface area contributed by atoms with Crippen LogP contribution < -0.4 is 10.6 Å². The molecule has 0 bridgehead atoms. The highest BCUT2D eigenvalue weighted by molar-refractivity contribution is 6.40. The number of rotatable bonds is 4. The first-order valence-electron chi connectivity index (χ1n) is 8.33. The van der Waals surface area contributed by atoms with Crippen molar-refractivity contribution in [2.24, 2.45) is 0 Å². The number of halogens is 6. The average molecular weight is 447 g/mol. The number of anilines is 1. The normalized spacial score (nSPS) is 11.5. The van der Waals surface area contributed by atoms with Gasteiger partial charge in [0.1, 0.15) is 0 Å². The van der Waals surface area contributed by atoms with E-state index in [0.717, 1.165) is 18.2 Å². The van der Waals surface area contributed by atoms with Gasteiger partial charge in [0, 0.05) is 36.8 Å². The molecular formula is C18H12ClF5N4O2. The smallest absolute Gasteiger partial charge is 0.359 e. The van der Waals surface area contributed by atoms with Crippen molar-refractivity contribution in [3.8, 4) is 0 Å². The van der Waals surface area contributed by atoms with E-state index in [1.54, 1.807) is 0 Å². The number of carbonyl (C=O) groups excluding carboxylic acids is 2. The summed E-state index contributed by atoms with van der Waals surface area (Å²) in [6, 6.07) is 2.49. The summed E-state index contributed by atoms with van der Waals surface area (Å²) in [4.78, 5) is 30.2. The third-order valence-corrected chi connectivity index (χ3v) is 4.40. The lowest BCUT2D eigenvalue weighted by molar-refractivity contribution is -0.137. The second-order valence-electron chi connectivity index (χ2n) is 6.12. The zero-order valence-electron chi connectivity index (χ0n) is 14.8. The topological polar surface area (TPSA) is 86.9 Å². The van der Waals surface area contributed by atoms with E-state index in [9.17, 15) is 31.5 Å². The monoisotopic (exact) mass is 446 g/mol. The predicted octanol–water partition coefficient (Wildman–Crippen LogP) is 3.81. The molecule has 0 unspecified atom stereocenters. The van der Waals surface area contributed by atoms with Crippen molar-refractivity contribution in [2.75, 3.05) is 11.9 Å². The number of amides is 2. The minimum Gasteiger partial charge on any atom is -0.359 e. The quantitative estimate of drug-likeness (QED) is 0.421. The first-order valence-corrected chi connectivity index (χ1v) is 8.71. The highest BCUT2D eigenvalue weighted by Crippen LogP contribution is 2.31. The molecule has 0 aliphatic heterocycles. The Bertz CT molecular complexity index is 1130. The van der Waals surface area contributed by atoms with Crippen LogP contribution in [0.15, 0.2) is 30.6 Å². The maximum Gasteiger partial charge on any atom is 0.417 e. The molecule has 0 aliphatic carbocycles.